The van der Waals surface area contributed by atoms with Gasteiger partial charge in [0, 0.05) is 75.0 Å². The maximum Gasteiger partial charge on any atom is 0.258 e. The number of aromatic nitrogens is 4. The number of hydrogen-bond acceptors (Lipinski definition) is 8. The minimum absolute atomic E-state index is 0.220. The van der Waals surface area contributed by atoms with Crippen LogP contribution < -0.4 is 15.0 Å². The maximum absolute atomic E-state index is 13.8. The summed E-state index contributed by atoms with van der Waals surface area (Å²) in [4.78, 5) is 47.2. The highest BCUT2D eigenvalue weighted by Gasteiger charge is 2.38. The smallest absolute Gasteiger partial charge is 0.258 e. The number of nitrogens with zero attached hydrogens (tertiary/aromatic N) is 7. The van der Waals surface area contributed by atoms with Crippen LogP contribution in [0, 0.1) is 18.3 Å². The van der Waals surface area contributed by atoms with Gasteiger partial charge in [-0.15, -0.1) is 0 Å². The predicted molar refractivity (Wildman–Crippen MR) is 199 cm³/mol. The molecule has 0 unspecified atom stereocenters. The molecule has 8 rings (SSSR count). The Morgan fingerprint density at radius 1 is 0.980 bits per heavy atom. The van der Waals surface area contributed by atoms with Crippen molar-refractivity contribution in [2.75, 3.05) is 62.6 Å². The van der Waals surface area contributed by atoms with Gasteiger partial charge in [-0.1, -0.05) is 6.92 Å². The van der Waals surface area contributed by atoms with Gasteiger partial charge in [-0.2, -0.15) is 0 Å². The fourth-order valence-electron chi connectivity index (χ4n) is 8.38. The molecule has 0 aliphatic carbocycles. The van der Waals surface area contributed by atoms with Gasteiger partial charge in [0.2, 0.25) is 11.9 Å². The van der Waals surface area contributed by atoms with Crippen LogP contribution in [-0.2, 0) is 11.3 Å². The molecule has 7 heterocycles. The molecule has 1 aromatic carbocycles. The summed E-state index contributed by atoms with van der Waals surface area (Å²) in [5, 5.41) is 3.17. The maximum atomic E-state index is 13.8. The molecule has 11 nitrogen and oxygen atoms in total. The lowest BCUT2D eigenvalue weighted by Crippen LogP contribution is -2.48. The van der Waals surface area contributed by atoms with Gasteiger partial charge in [0.15, 0.2) is 0 Å². The molecule has 11 heteroatoms. The Labute approximate surface area is 300 Å². The number of imidazole rings is 1. The molecule has 2 bridgehead atoms. The average Bonchev–Trinajstić information content (AvgIpc) is 3.44. The number of anilines is 2. The highest BCUT2D eigenvalue weighted by molar-refractivity contribution is 6.05. The number of fused-ring (bicyclic) bond motifs is 7. The standard InChI is InChI=1S/C40H50N8O3/c1-28-5-3-22-51-36-8-14-41-26-32(36)34-24-30(23-29(2)42-34)38(50)44-39-43-33-7-6-31(25-35(33)48(39)27-28)46-20-12-40(13-21-46)10-18-45(19-11-40)17-9-37(49)47-15-4-16-47/h6-8,14,23-26,28H,3-5,9-13,15-22,27H2,1-2H3,(H,43,44,50)/t28-/m1/s1. The van der Waals surface area contributed by atoms with Crippen LogP contribution in [0.25, 0.3) is 22.3 Å². The normalized spacial score (nSPS) is 21.1. The fraction of sp³-hybridized carbons (Fsp3) is 0.525. The summed E-state index contributed by atoms with van der Waals surface area (Å²) >= 11 is 0. The fourth-order valence-corrected chi connectivity index (χ4v) is 8.38. The van der Waals surface area contributed by atoms with Crippen molar-refractivity contribution in [1.29, 1.82) is 0 Å². The molecule has 0 radical (unpaired) electrons. The molecular weight excluding hydrogens is 640 g/mol. The van der Waals surface area contributed by atoms with Crippen LogP contribution in [0.2, 0.25) is 0 Å². The van der Waals surface area contributed by atoms with E-state index in [4.69, 9.17) is 14.7 Å². The molecule has 4 aliphatic heterocycles. The first kappa shape index (κ1) is 33.6. The first-order chi connectivity index (χ1) is 24.8. The second kappa shape index (κ2) is 14.3. The lowest BCUT2D eigenvalue weighted by Gasteiger charge is -2.47. The van der Waals surface area contributed by atoms with Gasteiger partial charge in [-0.3, -0.25) is 24.9 Å². The predicted octanol–water partition coefficient (Wildman–Crippen LogP) is 6.17. The number of amides is 2. The van der Waals surface area contributed by atoms with Crippen LogP contribution in [0.3, 0.4) is 0 Å². The lowest BCUT2D eigenvalue weighted by atomic mass is 9.71. The minimum atomic E-state index is -0.220. The van der Waals surface area contributed by atoms with E-state index in [1.807, 2.05) is 30.0 Å². The summed E-state index contributed by atoms with van der Waals surface area (Å²) in [6, 6.07) is 12.1. The molecule has 2 amide bonds. The first-order valence-corrected chi connectivity index (χ1v) is 19.0. The third-order valence-electron chi connectivity index (χ3n) is 11.8. The molecule has 51 heavy (non-hydrogen) atoms. The van der Waals surface area contributed by atoms with Crippen LogP contribution in [0.4, 0.5) is 11.6 Å². The zero-order valence-corrected chi connectivity index (χ0v) is 30.1. The van der Waals surface area contributed by atoms with E-state index in [9.17, 15) is 9.59 Å². The van der Waals surface area contributed by atoms with Crippen molar-refractivity contribution in [3.8, 4) is 17.0 Å². The van der Waals surface area contributed by atoms with Crippen LogP contribution in [0.15, 0.2) is 48.8 Å². The van der Waals surface area contributed by atoms with Crippen molar-refractivity contribution in [2.24, 2.45) is 11.3 Å². The van der Waals surface area contributed by atoms with E-state index in [0.717, 1.165) is 99.7 Å². The molecule has 3 saturated heterocycles. The zero-order valence-electron chi connectivity index (χ0n) is 30.1. The first-order valence-electron chi connectivity index (χ1n) is 19.0. The van der Waals surface area contributed by atoms with Crippen molar-refractivity contribution in [2.45, 2.75) is 71.8 Å². The molecule has 1 N–H and O–H groups in total. The van der Waals surface area contributed by atoms with Crippen LogP contribution >= 0.6 is 0 Å². The molecule has 0 saturated carbocycles. The van der Waals surface area contributed by atoms with Crippen LogP contribution in [0.5, 0.6) is 5.75 Å². The SMILES string of the molecule is Cc1cc2cc(n1)-c1cnccc1OCCC[C@@H](C)Cn1c(nc3ccc(N4CCC5(CCN(CCC(=O)N6CCC6)CC5)CC4)cc31)NC2=O. The number of carbonyl (C=O) groups excluding carboxylic acids is 2. The Morgan fingerprint density at radius 3 is 2.57 bits per heavy atom. The second-order valence-corrected chi connectivity index (χ2v) is 15.3. The lowest BCUT2D eigenvalue weighted by molar-refractivity contribution is -0.135. The minimum Gasteiger partial charge on any atom is -0.493 e. The number of carbonyl (C=O) groups is 2. The largest absolute Gasteiger partial charge is 0.493 e. The molecule has 3 aromatic heterocycles. The molecule has 3 fully saturated rings. The number of hydrogen-bond donors (Lipinski definition) is 1. The molecule has 268 valence electrons. The summed E-state index contributed by atoms with van der Waals surface area (Å²) in [5.41, 5.74) is 6.24. The number of piperidine rings is 2. The summed E-state index contributed by atoms with van der Waals surface area (Å²) in [5.74, 6) is 1.74. The third-order valence-corrected chi connectivity index (χ3v) is 11.8. The van der Waals surface area contributed by atoms with E-state index in [1.54, 1.807) is 12.4 Å². The molecular formula is C40H50N8O3. The van der Waals surface area contributed by atoms with E-state index in [2.05, 4.69) is 49.8 Å². The van der Waals surface area contributed by atoms with Crippen molar-refractivity contribution >= 4 is 34.5 Å². The van der Waals surface area contributed by atoms with Crippen LogP contribution in [-0.4, -0.2) is 93.6 Å². The van der Waals surface area contributed by atoms with Gasteiger partial charge in [0.1, 0.15) is 5.75 Å². The zero-order chi connectivity index (χ0) is 35.0. The Hall–Kier alpha value is -4.51. The van der Waals surface area contributed by atoms with E-state index in [-0.39, 0.29) is 5.91 Å². The van der Waals surface area contributed by atoms with Gasteiger partial charge in [0.25, 0.3) is 5.91 Å². The molecule has 1 atom stereocenters. The number of pyridine rings is 2. The second-order valence-electron chi connectivity index (χ2n) is 15.3. The van der Waals surface area contributed by atoms with Gasteiger partial charge in [-0.25, -0.2) is 4.98 Å². The van der Waals surface area contributed by atoms with Gasteiger partial charge in [0.05, 0.1) is 28.9 Å². The van der Waals surface area contributed by atoms with Crippen molar-refractivity contribution < 1.29 is 14.3 Å². The highest BCUT2D eigenvalue weighted by Crippen LogP contribution is 2.42. The van der Waals surface area contributed by atoms with E-state index < -0.39 is 0 Å². The summed E-state index contributed by atoms with van der Waals surface area (Å²) < 4.78 is 8.44. The van der Waals surface area contributed by atoms with Gasteiger partial charge >= 0.3 is 0 Å². The van der Waals surface area contributed by atoms with Crippen LogP contribution in [0.1, 0.15) is 74.3 Å². The average molecular weight is 691 g/mol. The highest BCUT2D eigenvalue weighted by atomic mass is 16.5. The Morgan fingerprint density at radius 2 is 1.78 bits per heavy atom. The third kappa shape index (κ3) is 7.18. The number of nitrogens with one attached hydrogen (secondary N) is 1. The summed E-state index contributed by atoms with van der Waals surface area (Å²) in [6.45, 7) is 12.5. The van der Waals surface area contributed by atoms with Crippen molar-refractivity contribution in [3.05, 3.63) is 60.0 Å². The summed E-state index contributed by atoms with van der Waals surface area (Å²) in [7, 11) is 0. The van der Waals surface area contributed by atoms with Gasteiger partial charge in [-0.05, 0) is 113 Å². The quantitative estimate of drug-likeness (QED) is 0.271. The van der Waals surface area contributed by atoms with E-state index in [0.29, 0.717) is 47.5 Å². The molecule has 4 aliphatic rings. The van der Waals surface area contributed by atoms with Crippen molar-refractivity contribution in [1.82, 2.24) is 29.3 Å². The number of likely N-dealkylation sites (tertiary alicyclic amines) is 2. The number of ether oxygens (including phenoxy) is 1. The Bertz CT molecular complexity index is 1900. The molecule has 1 spiro atoms. The van der Waals surface area contributed by atoms with Gasteiger partial charge < -0.3 is 24.0 Å². The topological polar surface area (TPSA) is 109 Å². The Balaban J connectivity index is 0.987. The number of benzene rings is 1. The number of aryl methyl sites for hydroxylation is 1. The Kier molecular flexibility index (Phi) is 9.39. The number of rotatable bonds is 4. The molecule has 4 aromatic rings. The summed E-state index contributed by atoms with van der Waals surface area (Å²) in [6.07, 6.45) is 12.0. The van der Waals surface area contributed by atoms with E-state index >= 15 is 0 Å². The van der Waals surface area contributed by atoms with Crippen molar-refractivity contribution in [3.63, 3.8) is 0 Å². The van der Waals surface area contributed by atoms with E-state index in [1.165, 1.54) is 31.4 Å². The monoisotopic (exact) mass is 690 g/mol.